The highest BCUT2D eigenvalue weighted by atomic mass is 16.3. The van der Waals surface area contributed by atoms with E-state index >= 15 is 0 Å². The van der Waals surface area contributed by atoms with Gasteiger partial charge in [-0.3, -0.25) is 9.36 Å². The van der Waals surface area contributed by atoms with Gasteiger partial charge in [0.1, 0.15) is 0 Å². The third-order valence-corrected chi connectivity index (χ3v) is 5.25. The SMILES string of the molecule is N#[N+]c1c(O)n(C2CCCCC2)c(=O)n(C2CCCCC2)c1=O. The lowest BCUT2D eigenvalue weighted by Crippen LogP contribution is -2.43. The fourth-order valence-corrected chi connectivity index (χ4v) is 4.03. The van der Waals surface area contributed by atoms with Gasteiger partial charge in [-0.2, -0.15) is 0 Å². The molecular formula is C16H23N4O3+. The molecule has 2 aliphatic rings. The van der Waals surface area contributed by atoms with E-state index in [0.29, 0.717) is 0 Å². The van der Waals surface area contributed by atoms with E-state index in [2.05, 4.69) is 4.98 Å². The maximum Gasteiger partial charge on any atom is 0.508 e. The van der Waals surface area contributed by atoms with Crippen LogP contribution in [0, 0.1) is 5.39 Å². The lowest BCUT2D eigenvalue weighted by Gasteiger charge is -2.27. The predicted molar refractivity (Wildman–Crippen MR) is 85.6 cm³/mol. The molecule has 0 saturated heterocycles. The quantitative estimate of drug-likeness (QED) is 0.847. The Hall–Kier alpha value is -2.10. The monoisotopic (exact) mass is 319 g/mol. The van der Waals surface area contributed by atoms with Crippen molar-refractivity contribution in [1.82, 2.24) is 9.13 Å². The van der Waals surface area contributed by atoms with E-state index in [0.717, 1.165) is 64.2 Å². The van der Waals surface area contributed by atoms with Crippen molar-refractivity contribution in [3.8, 4) is 5.88 Å². The fourth-order valence-electron chi connectivity index (χ4n) is 4.03. The average Bonchev–Trinajstić information content (AvgIpc) is 2.57. The normalized spacial score (nSPS) is 20.3. The molecule has 3 rings (SSSR count). The van der Waals surface area contributed by atoms with Gasteiger partial charge in [0.05, 0.1) is 0 Å². The van der Waals surface area contributed by atoms with E-state index in [1.807, 2.05) is 0 Å². The molecule has 0 aromatic carbocycles. The number of hydrogen-bond acceptors (Lipinski definition) is 4. The van der Waals surface area contributed by atoms with Crippen molar-refractivity contribution in [3.05, 3.63) is 25.8 Å². The number of hydrogen-bond donors (Lipinski definition) is 1. The summed E-state index contributed by atoms with van der Waals surface area (Å²) in [6.45, 7) is 0. The molecule has 1 heterocycles. The van der Waals surface area contributed by atoms with Crippen LogP contribution in [0.25, 0.3) is 4.98 Å². The Morgan fingerprint density at radius 1 is 0.870 bits per heavy atom. The fraction of sp³-hybridized carbons (Fsp3) is 0.750. The van der Waals surface area contributed by atoms with Crippen LogP contribution < -0.4 is 11.2 Å². The molecular weight excluding hydrogens is 296 g/mol. The molecule has 1 aromatic heterocycles. The Morgan fingerprint density at radius 3 is 1.83 bits per heavy atom. The topological polar surface area (TPSA) is 92.4 Å². The van der Waals surface area contributed by atoms with Crippen molar-refractivity contribution in [2.24, 2.45) is 0 Å². The zero-order chi connectivity index (χ0) is 16.4. The molecule has 0 amide bonds. The van der Waals surface area contributed by atoms with Crippen molar-refractivity contribution < 1.29 is 5.11 Å². The number of diazo groups is 1. The smallest absolute Gasteiger partial charge is 0.488 e. The summed E-state index contributed by atoms with van der Waals surface area (Å²) in [5.74, 6) is -0.499. The predicted octanol–water partition coefficient (Wildman–Crippen LogP) is 3.21. The molecule has 2 saturated carbocycles. The van der Waals surface area contributed by atoms with Crippen LogP contribution in [0.15, 0.2) is 9.59 Å². The summed E-state index contributed by atoms with van der Waals surface area (Å²) >= 11 is 0. The molecule has 1 aromatic rings. The lowest BCUT2D eigenvalue weighted by atomic mass is 9.94. The minimum Gasteiger partial charge on any atom is -0.488 e. The summed E-state index contributed by atoms with van der Waals surface area (Å²) in [6.07, 6.45) is 9.30. The molecule has 23 heavy (non-hydrogen) atoms. The van der Waals surface area contributed by atoms with Gasteiger partial charge < -0.3 is 5.11 Å². The van der Waals surface area contributed by atoms with E-state index in [-0.39, 0.29) is 12.1 Å². The highest BCUT2D eigenvalue weighted by molar-refractivity contribution is 5.51. The average molecular weight is 319 g/mol. The highest BCUT2D eigenvalue weighted by Gasteiger charge is 2.34. The van der Waals surface area contributed by atoms with Gasteiger partial charge in [0.15, 0.2) is 4.98 Å². The summed E-state index contributed by atoms with van der Waals surface area (Å²) in [6, 6.07) is -0.299. The molecule has 0 spiro atoms. The molecule has 1 N–H and O–H groups in total. The summed E-state index contributed by atoms with van der Waals surface area (Å²) < 4.78 is 2.49. The van der Waals surface area contributed by atoms with Crippen LogP contribution in [0.2, 0.25) is 0 Å². The van der Waals surface area contributed by atoms with Crippen LogP contribution in [0.5, 0.6) is 5.88 Å². The molecule has 0 aliphatic heterocycles. The van der Waals surface area contributed by atoms with Crippen molar-refractivity contribution in [2.45, 2.75) is 76.3 Å². The van der Waals surface area contributed by atoms with E-state index in [1.165, 1.54) is 9.13 Å². The molecule has 7 nitrogen and oxygen atoms in total. The number of aromatic hydroxyl groups is 1. The number of aromatic nitrogens is 2. The van der Waals surface area contributed by atoms with Gasteiger partial charge in [0, 0.05) is 12.1 Å². The summed E-state index contributed by atoms with van der Waals surface area (Å²) in [7, 11) is 0. The second-order valence-electron chi connectivity index (χ2n) is 6.68. The molecule has 2 fully saturated rings. The summed E-state index contributed by atoms with van der Waals surface area (Å²) in [4.78, 5) is 28.4. The maximum atomic E-state index is 12.9. The van der Waals surface area contributed by atoms with E-state index in [9.17, 15) is 20.1 Å². The van der Waals surface area contributed by atoms with Gasteiger partial charge in [-0.25, -0.2) is 9.36 Å². The largest absolute Gasteiger partial charge is 0.508 e. The van der Waals surface area contributed by atoms with Crippen LogP contribution in [0.3, 0.4) is 0 Å². The van der Waals surface area contributed by atoms with E-state index in [1.54, 1.807) is 0 Å². The Bertz CT molecular complexity index is 731. The van der Waals surface area contributed by atoms with Gasteiger partial charge in [-0.1, -0.05) is 38.5 Å². The Kier molecular flexibility index (Phi) is 4.51. The number of rotatable bonds is 2. The van der Waals surface area contributed by atoms with Crippen molar-refractivity contribution in [2.75, 3.05) is 0 Å². The summed E-state index contributed by atoms with van der Waals surface area (Å²) in [5, 5.41) is 19.5. The lowest BCUT2D eigenvalue weighted by molar-refractivity contribution is 0.273. The first kappa shape index (κ1) is 15.8. The molecule has 2 aliphatic carbocycles. The zero-order valence-electron chi connectivity index (χ0n) is 13.3. The molecule has 0 unspecified atom stereocenters. The molecule has 124 valence electrons. The Labute approximate surface area is 134 Å². The van der Waals surface area contributed by atoms with Gasteiger partial charge >= 0.3 is 22.8 Å². The van der Waals surface area contributed by atoms with Crippen LogP contribution in [0.1, 0.15) is 76.3 Å². The van der Waals surface area contributed by atoms with Crippen LogP contribution in [-0.4, -0.2) is 14.2 Å². The molecule has 7 heteroatoms. The minimum absolute atomic E-state index is 0.132. The van der Waals surface area contributed by atoms with Crippen molar-refractivity contribution >= 4 is 5.69 Å². The Morgan fingerprint density at radius 2 is 1.35 bits per heavy atom. The standard InChI is InChI=1S/C16H22N4O3/c17-18-13-14(21)19(11-7-3-1-4-8-11)16(23)20(15(13)22)12-9-5-2-6-10-12/h11-12H,1-10H2/p+1. The van der Waals surface area contributed by atoms with Crippen molar-refractivity contribution in [3.63, 3.8) is 0 Å². The van der Waals surface area contributed by atoms with E-state index in [4.69, 9.17) is 0 Å². The highest BCUT2D eigenvalue weighted by Crippen LogP contribution is 2.33. The number of nitrogens with zero attached hydrogens (tertiary/aromatic N) is 4. The van der Waals surface area contributed by atoms with Crippen LogP contribution in [0.4, 0.5) is 5.69 Å². The van der Waals surface area contributed by atoms with Crippen LogP contribution >= 0.6 is 0 Å². The van der Waals surface area contributed by atoms with Gasteiger partial charge in [-0.05, 0) is 25.7 Å². The van der Waals surface area contributed by atoms with E-state index < -0.39 is 22.8 Å². The third-order valence-electron chi connectivity index (χ3n) is 5.25. The van der Waals surface area contributed by atoms with Gasteiger partial charge in [0.25, 0.3) is 0 Å². The first-order chi connectivity index (χ1) is 11.1. The zero-order valence-corrected chi connectivity index (χ0v) is 13.3. The molecule has 0 radical (unpaired) electrons. The summed E-state index contributed by atoms with van der Waals surface area (Å²) in [5.41, 5.74) is -1.56. The first-order valence-corrected chi connectivity index (χ1v) is 8.60. The maximum absolute atomic E-state index is 12.9. The van der Waals surface area contributed by atoms with Crippen LogP contribution in [-0.2, 0) is 0 Å². The first-order valence-electron chi connectivity index (χ1n) is 8.60. The second-order valence-corrected chi connectivity index (χ2v) is 6.68. The minimum atomic E-state index is -0.686. The molecule has 0 atom stereocenters. The van der Waals surface area contributed by atoms with Gasteiger partial charge in [-0.15, -0.1) is 0 Å². The molecule has 0 bridgehead atoms. The third kappa shape index (κ3) is 2.78. The van der Waals surface area contributed by atoms with Crippen molar-refractivity contribution in [1.29, 1.82) is 5.39 Å². The van der Waals surface area contributed by atoms with Gasteiger partial charge in [0.2, 0.25) is 5.39 Å². The second kappa shape index (κ2) is 6.57. The Balaban J connectivity index is 2.17.